The highest BCUT2D eigenvalue weighted by atomic mass is 19.3. The van der Waals surface area contributed by atoms with E-state index in [4.69, 9.17) is 10.5 Å². The van der Waals surface area contributed by atoms with Gasteiger partial charge in [0.1, 0.15) is 12.1 Å². The molecular weight excluding hydrogens is 1350 g/mol. The summed E-state index contributed by atoms with van der Waals surface area (Å²) in [5.41, 5.74) is 14.7. The van der Waals surface area contributed by atoms with E-state index in [1.54, 1.807) is 46.7 Å². The Labute approximate surface area is 605 Å². The average Bonchev–Trinajstić information content (AvgIpc) is 1.65. The predicted octanol–water partition coefficient (Wildman–Crippen LogP) is 20.7. The average molecular weight is 1440 g/mol. The Kier molecular flexibility index (Phi) is 23.3. The largest absolute Gasteiger partial charge is 0.345 e. The minimum absolute atomic E-state index is 0.0162. The molecule has 0 radical (unpaired) electrons. The van der Waals surface area contributed by atoms with Crippen LogP contribution in [0.15, 0.2) is 170 Å². The number of urea groups is 2. The van der Waals surface area contributed by atoms with Gasteiger partial charge in [0.05, 0.1) is 70.1 Å². The monoisotopic (exact) mass is 1440 g/mol. The summed E-state index contributed by atoms with van der Waals surface area (Å²) < 4.78 is 106. The molecule has 0 spiro atoms. The second-order valence-electron chi connectivity index (χ2n) is 28.8. The third kappa shape index (κ3) is 19.0. The molecule has 2 atom stereocenters. The fourth-order valence-corrected chi connectivity index (χ4v) is 15.5. The van der Waals surface area contributed by atoms with Crippen molar-refractivity contribution in [3.05, 3.63) is 226 Å². The van der Waals surface area contributed by atoms with Gasteiger partial charge in [0, 0.05) is 94.2 Å². The Hall–Kier alpha value is -10.2. The normalized spacial score (nSPS) is 21.0. The first-order valence-electron chi connectivity index (χ1n) is 36.3. The Morgan fingerprint density at radius 2 is 0.676 bits per heavy atom. The first kappa shape index (κ1) is 74.5. The molecule has 7 aliphatic rings. The molecule has 22 heteroatoms. The number of carbonyl (C=O) groups excluding carboxylic acids is 4. The lowest BCUT2D eigenvalue weighted by atomic mass is 9.82. The van der Waals surface area contributed by atoms with Crippen molar-refractivity contribution in [2.75, 3.05) is 22.9 Å². The number of aromatic amines is 2. The van der Waals surface area contributed by atoms with Crippen LogP contribution < -0.4 is 20.4 Å². The molecule has 4 amide bonds. The summed E-state index contributed by atoms with van der Waals surface area (Å²) in [6.07, 6.45) is 11.4. The Morgan fingerprint density at radius 1 is 0.390 bits per heavy atom. The maximum Gasteiger partial charge on any atom is 0.322 e. The van der Waals surface area contributed by atoms with Gasteiger partial charge in [-0.1, -0.05) is 97.1 Å². The summed E-state index contributed by atoms with van der Waals surface area (Å²) in [5.74, 6) is -8.24. The Morgan fingerprint density at radius 3 is 0.981 bits per heavy atom. The van der Waals surface area contributed by atoms with Gasteiger partial charge in [0.15, 0.2) is 0 Å². The number of Topliss-reactive ketones (excluding diaryl/α,β-unsaturated/α-hetero) is 1. The molecule has 2 aromatic heterocycles. The minimum Gasteiger partial charge on any atom is -0.345 e. The second kappa shape index (κ2) is 32.8. The molecule has 5 aliphatic carbocycles. The molecule has 105 heavy (non-hydrogen) atoms. The molecule has 14 nitrogen and oxygen atoms in total. The zero-order chi connectivity index (χ0) is 73.9. The number of aldehydes is 1. The number of imidazole rings is 2. The number of rotatable bonds is 10. The van der Waals surface area contributed by atoms with Crippen LogP contribution in [0.4, 0.5) is 56.1 Å². The fraction of sp³-hybridized carbons (Fsp3) is 0.398. The molecule has 2 aliphatic heterocycles. The van der Waals surface area contributed by atoms with E-state index < -0.39 is 23.7 Å². The number of anilines is 2. The molecule has 1 unspecified atom stereocenters. The van der Waals surface area contributed by atoms with Crippen molar-refractivity contribution in [2.45, 2.75) is 194 Å². The smallest absolute Gasteiger partial charge is 0.322 e. The molecule has 2 saturated heterocycles. The van der Waals surface area contributed by atoms with Crippen LogP contribution in [0.3, 0.4) is 0 Å². The van der Waals surface area contributed by atoms with E-state index in [1.807, 2.05) is 133 Å². The van der Waals surface area contributed by atoms with Crippen LogP contribution in [0, 0.1) is 22.7 Å². The summed E-state index contributed by atoms with van der Waals surface area (Å²) in [5, 5.41) is 23.2. The van der Waals surface area contributed by atoms with Crippen molar-refractivity contribution in [1.29, 1.82) is 10.5 Å². The van der Waals surface area contributed by atoms with E-state index in [2.05, 4.69) is 42.7 Å². The number of aromatic nitrogens is 4. The molecule has 0 bridgehead atoms. The van der Waals surface area contributed by atoms with Gasteiger partial charge >= 0.3 is 12.1 Å². The van der Waals surface area contributed by atoms with Gasteiger partial charge in [-0.3, -0.25) is 19.4 Å². The van der Waals surface area contributed by atoms with Crippen LogP contribution in [0.25, 0.3) is 22.1 Å². The predicted molar refractivity (Wildman–Crippen MR) is 387 cm³/mol. The summed E-state index contributed by atoms with van der Waals surface area (Å²) in [6.45, 7) is 1.05. The summed E-state index contributed by atoms with van der Waals surface area (Å²) in [4.78, 5) is 64.8. The van der Waals surface area contributed by atoms with Crippen LogP contribution in [0.1, 0.15) is 231 Å². The minimum atomic E-state index is -2.51. The van der Waals surface area contributed by atoms with Gasteiger partial charge in [-0.25, -0.2) is 54.7 Å². The van der Waals surface area contributed by atoms with E-state index in [-0.39, 0.29) is 99.2 Å². The Balaban J connectivity index is 0.000000127. The highest BCUT2D eigenvalue weighted by Gasteiger charge is 2.40. The molecular formula is C83H84F8N10O4. The third-order valence-electron chi connectivity index (χ3n) is 21.9. The van der Waals surface area contributed by atoms with Gasteiger partial charge in [-0.15, -0.1) is 0 Å². The SMILES string of the molecule is N#Cc1ccc(C2CCC(=O)CC2)cc1.N#Cc1ccc(C2CCC(F)(F)CC2)cc1.O=C1NCC(c2ccc(C3CCC(F)(F)CC3)cc2)N1c1ccc2nc[nH]c2c1.O=C1NC[C@H](c2ccc(C3CCC(F)(F)CC3)cc2)N1c1ccc2nc[nH]c2c1.O=Cc1ccc(C2CCC(F)(F)CC2)cc1. The van der Waals surface area contributed by atoms with Crippen LogP contribution in [0.5, 0.6) is 0 Å². The number of carbonyl (C=O) groups is 4. The molecule has 546 valence electrons. The first-order valence-corrected chi connectivity index (χ1v) is 36.3. The lowest BCUT2D eigenvalue weighted by Crippen LogP contribution is -2.29. The molecule has 4 N–H and O–H groups in total. The highest BCUT2D eigenvalue weighted by molar-refractivity contribution is 5.98. The summed E-state index contributed by atoms with van der Waals surface area (Å²) in [6, 6.07) is 53.6. The van der Waals surface area contributed by atoms with E-state index >= 15 is 0 Å². The number of amides is 4. The number of hydrogen-bond donors (Lipinski definition) is 4. The number of nitrogens with one attached hydrogen (secondary N) is 4. The zero-order valence-electron chi connectivity index (χ0n) is 58.2. The van der Waals surface area contributed by atoms with E-state index in [0.717, 1.165) is 86.0 Å². The number of hydrogen-bond acceptors (Lipinski definition) is 8. The van der Waals surface area contributed by atoms with E-state index in [9.17, 15) is 54.3 Å². The molecule has 16 rings (SSSR count). The molecule has 9 aromatic rings. The van der Waals surface area contributed by atoms with Crippen LogP contribution in [0.2, 0.25) is 0 Å². The van der Waals surface area contributed by atoms with Gasteiger partial charge in [-0.05, 0) is 193 Å². The van der Waals surface area contributed by atoms with Crippen molar-refractivity contribution >= 4 is 57.6 Å². The number of benzene rings is 7. The van der Waals surface area contributed by atoms with Gasteiger partial charge < -0.3 is 20.6 Å². The first-order chi connectivity index (χ1) is 50.5. The van der Waals surface area contributed by atoms with Crippen LogP contribution >= 0.6 is 0 Å². The fourth-order valence-electron chi connectivity index (χ4n) is 15.5. The number of nitrogens with zero attached hydrogens (tertiary/aromatic N) is 6. The topological polar surface area (TPSA) is 204 Å². The van der Waals surface area contributed by atoms with Gasteiger partial charge in [0.2, 0.25) is 23.7 Å². The summed E-state index contributed by atoms with van der Waals surface area (Å²) in [7, 11) is 0. The molecule has 7 fully saturated rings. The molecule has 4 heterocycles. The number of halogens is 8. The van der Waals surface area contributed by atoms with Crippen molar-refractivity contribution in [3.63, 3.8) is 0 Å². The molecule has 7 aromatic carbocycles. The Bertz CT molecular complexity index is 4330. The van der Waals surface area contributed by atoms with E-state index in [1.165, 1.54) is 5.56 Å². The van der Waals surface area contributed by atoms with Gasteiger partial charge in [-0.2, -0.15) is 10.5 Å². The van der Waals surface area contributed by atoms with Crippen LogP contribution in [-0.4, -0.2) is 80.8 Å². The highest BCUT2D eigenvalue weighted by Crippen LogP contribution is 2.46. The number of nitriles is 2. The lowest BCUT2D eigenvalue weighted by Gasteiger charge is -2.29. The van der Waals surface area contributed by atoms with Gasteiger partial charge in [0.25, 0.3) is 0 Å². The maximum atomic E-state index is 13.4. The standard InChI is InChI=1S/2C22H22F2N4O.C13H13F2N.C13H14F2O.C13H13NO/c2*23-22(24)9-7-15(8-10-22)14-1-3-16(4-2-14)20-12-25-21(29)28(20)17-5-6-18-19(11-17)27-13-26-18;2*14-13(15)7-5-12(6-8-13)11-3-1-10(9-16)2-4-11;14-9-10-1-3-11(4-2-10)12-5-7-13(15)8-6-12/h2*1-6,11,13,15,20H,7-10,12H2,(H,25,29)(H,26,27);1-4,12H,5-8H2;1-4,9,12H,5-8H2;1-4,12H,5-8H2/t20-;;;;/m1..../s1. The van der Waals surface area contributed by atoms with E-state index in [0.29, 0.717) is 106 Å². The third-order valence-corrected chi connectivity index (χ3v) is 21.9. The van der Waals surface area contributed by atoms with Crippen molar-refractivity contribution in [2.24, 2.45) is 0 Å². The van der Waals surface area contributed by atoms with Crippen LogP contribution in [-0.2, 0) is 4.79 Å². The number of alkyl halides is 8. The zero-order valence-corrected chi connectivity index (χ0v) is 58.2. The maximum absolute atomic E-state index is 13.4. The van der Waals surface area contributed by atoms with Crippen molar-refractivity contribution < 1.29 is 54.3 Å². The summed E-state index contributed by atoms with van der Waals surface area (Å²) >= 11 is 0. The van der Waals surface area contributed by atoms with Crippen molar-refractivity contribution in [1.82, 2.24) is 30.6 Å². The quantitative estimate of drug-likeness (QED) is 0.0764. The van der Waals surface area contributed by atoms with Crippen molar-refractivity contribution in [3.8, 4) is 12.1 Å². The second-order valence-corrected chi connectivity index (χ2v) is 28.8. The number of fused-ring (bicyclic) bond motifs is 2. The number of H-pyrrole nitrogens is 2. The lowest BCUT2D eigenvalue weighted by molar-refractivity contribution is -0.120. The number of ketones is 1. The molecule has 5 saturated carbocycles.